The molecule has 0 unspecified atom stereocenters. The van der Waals surface area contributed by atoms with Crippen molar-refractivity contribution in [2.24, 2.45) is 5.92 Å². The van der Waals surface area contributed by atoms with Crippen molar-refractivity contribution in [2.75, 3.05) is 49.6 Å². The number of hydrogen-bond acceptors (Lipinski definition) is 7. The predicted molar refractivity (Wildman–Crippen MR) is 123 cm³/mol. The molecular formula is C24H24F3N5O3. The second-order valence-corrected chi connectivity index (χ2v) is 8.67. The Hall–Kier alpha value is -3.60. The molecule has 2 saturated heterocycles. The van der Waals surface area contributed by atoms with Crippen molar-refractivity contribution in [3.8, 4) is 5.75 Å². The van der Waals surface area contributed by atoms with Gasteiger partial charge in [-0.1, -0.05) is 0 Å². The van der Waals surface area contributed by atoms with Crippen molar-refractivity contribution in [3.63, 3.8) is 0 Å². The van der Waals surface area contributed by atoms with Gasteiger partial charge in [0.05, 0.1) is 42.1 Å². The van der Waals surface area contributed by atoms with Crippen molar-refractivity contribution in [1.29, 1.82) is 0 Å². The zero-order chi connectivity index (χ0) is 24.5. The highest BCUT2D eigenvalue weighted by Crippen LogP contribution is 2.31. The molecule has 3 aromatic rings. The Morgan fingerprint density at radius 2 is 1.94 bits per heavy atom. The van der Waals surface area contributed by atoms with Crippen LogP contribution in [0.5, 0.6) is 5.75 Å². The number of carbonyl (C=O) groups is 1. The molecule has 184 valence electrons. The first kappa shape index (κ1) is 23.2. The standard InChI is InChI=1S/C24H24F3N5O3/c25-22-14(7-17(33)9-19(22)23(26)27)10-28-21-11-29-30-20-2-1-16(8-18(20)21)31-3-5-32(6-4-31)24(34)15-12-35-13-15/h1-2,7-9,11,15,23,33H,3-6,10,12-13H2,(H,28,30). The minimum absolute atomic E-state index is 0.0254. The number of carbonyl (C=O) groups excluding carboxylic acids is 1. The fourth-order valence-electron chi connectivity index (χ4n) is 4.37. The Labute approximate surface area is 199 Å². The average Bonchev–Trinajstić information content (AvgIpc) is 2.82. The molecule has 0 saturated carbocycles. The monoisotopic (exact) mass is 487 g/mol. The van der Waals surface area contributed by atoms with E-state index in [-0.39, 0.29) is 23.9 Å². The maximum absolute atomic E-state index is 14.5. The number of hydrogen-bond donors (Lipinski definition) is 2. The summed E-state index contributed by atoms with van der Waals surface area (Å²) < 4.78 is 45.8. The van der Waals surface area contributed by atoms with Crippen LogP contribution in [-0.4, -0.2) is 65.5 Å². The number of ether oxygens (including phenoxy) is 1. The van der Waals surface area contributed by atoms with Crippen LogP contribution in [0, 0.1) is 11.7 Å². The zero-order valence-corrected chi connectivity index (χ0v) is 18.8. The summed E-state index contributed by atoms with van der Waals surface area (Å²) in [7, 11) is 0. The second kappa shape index (κ2) is 9.57. The Balaban J connectivity index is 1.32. The van der Waals surface area contributed by atoms with E-state index in [0.29, 0.717) is 50.6 Å². The number of piperazine rings is 1. The lowest BCUT2D eigenvalue weighted by Crippen LogP contribution is -2.53. The molecule has 2 aliphatic rings. The number of alkyl halides is 2. The van der Waals surface area contributed by atoms with Gasteiger partial charge in [0.2, 0.25) is 5.91 Å². The molecule has 5 rings (SSSR count). The number of phenols is 1. The lowest BCUT2D eigenvalue weighted by atomic mass is 10.1. The number of halogens is 3. The molecule has 0 aliphatic carbocycles. The van der Waals surface area contributed by atoms with E-state index < -0.39 is 23.6 Å². The second-order valence-electron chi connectivity index (χ2n) is 8.67. The SMILES string of the molecule is O=C(C1COC1)N1CCN(c2ccc3nncc(NCc4cc(O)cc(C(F)F)c4F)c3c2)CC1. The highest BCUT2D eigenvalue weighted by molar-refractivity contribution is 5.93. The first-order chi connectivity index (χ1) is 16.9. The lowest BCUT2D eigenvalue weighted by Gasteiger charge is -2.39. The van der Waals surface area contributed by atoms with Crippen LogP contribution >= 0.6 is 0 Å². The van der Waals surface area contributed by atoms with E-state index in [1.165, 1.54) is 6.20 Å². The van der Waals surface area contributed by atoms with Crippen LogP contribution in [0.15, 0.2) is 36.5 Å². The highest BCUT2D eigenvalue weighted by atomic mass is 19.3. The van der Waals surface area contributed by atoms with Crippen LogP contribution in [0.4, 0.5) is 24.5 Å². The van der Waals surface area contributed by atoms with Crippen molar-refractivity contribution >= 4 is 28.2 Å². The maximum Gasteiger partial charge on any atom is 0.266 e. The van der Waals surface area contributed by atoms with E-state index in [0.717, 1.165) is 23.2 Å². The van der Waals surface area contributed by atoms with Gasteiger partial charge in [0.25, 0.3) is 6.43 Å². The van der Waals surface area contributed by atoms with E-state index in [4.69, 9.17) is 4.74 Å². The van der Waals surface area contributed by atoms with Gasteiger partial charge in [0.1, 0.15) is 11.6 Å². The van der Waals surface area contributed by atoms with Gasteiger partial charge in [0, 0.05) is 49.4 Å². The summed E-state index contributed by atoms with van der Waals surface area (Å²) in [5, 5.41) is 21.6. The summed E-state index contributed by atoms with van der Waals surface area (Å²) in [6, 6.07) is 7.55. The van der Waals surface area contributed by atoms with Gasteiger partial charge in [-0.2, -0.15) is 10.2 Å². The fourth-order valence-corrected chi connectivity index (χ4v) is 4.37. The third-order valence-corrected chi connectivity index (χ3v) is 6.43. The summed E-state index contributed by atoms with van der Waals surface area (Å²) in [5.74, 6) is -1.37. The summed E-state index contributed by atoms with van der Waals surface area (Å²) >= 11 is 0. The van der Waals surface area contributed by atoms with Gasteiger partial charge in [-0.25, -0.2) is 13.2 Å². The van der Waals surface area contributed by atoms with Crippen molar-refractivity contribution in [1.82, 2.24) is 15.1 Å². The Morgan fingerprint density at radius 1 is 1.17 bits per heavy atom. The van der Waals surface area contributed by atoms with Crippen molar-refractivity contribution in [3.05, 3.63) is 53.5 Å². The first-order valence-corrected chi connectivity index (χ1v) is 11.3. The van der Waals surface area contributed by atoms with E-state index in [9.17, 15) is 23.1 Å². The molecule has 8 nitrogen and oxygen atoms in total. The lowest BCUT2D eigenvalue weighted by molar-refractivity contribution is -0.150. The third kappa shape index (κ3) is 4.68. The Bertz CT molecular complexity index is 1250. The maximum atomic E-state index is 14.5. The van der Waals surface area contributed by atoms with Gasteiger partial charge >= 0.3 is 0 Å². The average molecular weight is 487 g/mol. The van der Waals surface area contributed by atoms with E-state index >= 15 is 0 Å². The Morgan fingerprint density at radius 3 is 2.63 bits per heavy atom. The number of anilines is 2. The summed E-state index contributed by atoms with van der Waals surface area (Å²) in [6.45, 7) is 3.46. The molecule has 3 heterocycles. The van der Waals surface area contributed by atoms with Gasteiger partial charge in [-0.05, 0) is 30.3 Å². The summed E-state index contributed by atoms with van der Waals surface area (Å²) in [4.78, 5) is 16.5. The van der Waals surface area contributed by atoms with E-state index in [1.54, 1.807) is 0 Å². The van der Waals surface area contributed by atoms with Crippen molar-refractivity contribution in [2.45, 2.75) is 13.0 Å². The highest BCUT2D eigenvalue weighted by Gasteiger charge is 2.32. The fraction of sp³-hybridized carbons (Fsp3) is 0.375. The number of aromatic nitrogens is 2. The van der Waals surface area contributed by atoms with Gasteiger partial charge in [-0.3, -0.25) is 4.79 Å². The normalized spacial score (nSPS) is 16.6. The number of nitrogens with one attached hydrogen (secondary N) is 1. The zero-order valence-electron chi connectivity index (χ0n) is 18.8. The topological polar surface area (TPSA) is 90.8 Å². The Kier molecular flexibility index (Phi) is 6.33. The minimum Gasteiger partial charge on any atom is -0.508 e. The molecule has 0 spiro atoms. The van der Waals surface area contributed by atoms with Crippen LogP contribution in [0.25, 0.3) is 10.9 Å². The molecule has 0 atom stereocenters. The molecule has 0 radical (unpaired) electrons. The molecule has 35 heavy (non-hydrogen) atoms. The number of amides is 1. The number of aromatic hydroxyl groups is 1. The molecule has 2 fully saturated rings. The summed E-state index contributed by atoms with van der Waals surface area (Å²) in [6.07, 6.45) is -1.55. The summed E-state index contributed by atoms with van der Waals surface area (Å²) in [5.41, 5.74) is 1.18. The molecule has 0 bridgehead atoms. The largest absolute Gasteiger partial charge is 0.508 e. The number of fused-ring (bicyclic) bond motifs is 1. The van der Waals surface area contributed by atoms with Crippen molar-refractivity contribution < 1.29 is 27.8 Å². The predicted octanol–water partition coefficient (Wildman–Crippen LogP) is 3.32. The molecule has 2 N–H and O–H groups in total. The number of phenolic OH excluding ortho intramolecular Hbond substituents is 1. The number of benzene rings is 2. The molecule has 2 aliphatic heterocycles. The molecule has 2 aromatic carbocycles. The van der Waals surface area contributed by atoms with Gasteiger partial charge in [0.15, 0.2) is 0 Å². The smallest absolute Gasteiger partial charge is 0.266 e. The molecular weight excluding hydrogens is 463 g/mol. The van der Waals surface area contributed by atoms with Crippen LogP contribution in [0.2, 0.25) is 0 Å². The molecule has 1 aromatic heterocycles. The number of rotatable bonds is 6. The molecule has 1 amide bonds. The quantitative estimate of drug-likeness (QED) is 0.551. The minimum atomic E-state index is -3.04. The van der Waals surface area contributed by atoms with Crippen LogP contribution in [0.1, 0.15) is 17.6 Å². The van der Waals surface area contributed by atoms with Gasteiger partial charge < -0.3 is 25.0 Å². The van der Waals surface area contributed by atoms with Gasteiger partial charge in [-0.15, -0.1) is 0 Å². The van der Waals surface area contributed by atoms with Crippen LogP contribution in [0.3, 0.4) is 0 Å². The number of nitrogens with zero attached hydrogens (tertiary/aromatic N) is 4. The first-order valence-electron chi connectivity index (χ1n) is 11.3. The third-order valence-electron chi connectivity index (χ3n) is 6.43. The van der Waals surface area contributed by atoms with E-state index in [2.05, 4.69) is 20.4 Å². The van der Waals surface area contributed by atoms with E-state index in [1.807, 2.05) is 23.1 Å². The van der Waals surface area contributed by atoms with Crippen LogP contribution < -0.4 is 10.2 Å². The molecule has 11 heteroatoms. The van der Waals surface area contributed by atoms with Crippen LogP contribution in [-0.2, 0) is 16.1 Å².